The largest absolute Gasteiger partial charge is 0.456 e. The summed E-state index contributed by atoms with van der Waals surface area (Å²) in [7, 11) is 0. The highest BCUT2D eigenvalue weighted by molar-refractivity contribution is 7.99. The number of rotatable bonds is 5. The Balaban J connectivity index is 1.05. The van der Waals surface area contributed by atoms with Crippen molar-refractivity contribution in [1.82, 2.24) is 15.0 Å². The molecule has 0 saturated carbocycles. The molecule has 1 aliphatic rings. The highest BCUT2D eigenvalue weighted by atomic mass is 32.2. The molecule has 9 aromatic rings. The van der Waals surface area contributed by atoms with Crippen molar-refractivity contribution < 1.29 is 4.42 Å². The molecule has 0 saturated heterocycles. The summed E-state index contributed by atoms with van der Waals surface area (Å²) in [6.45, 7) is 0. The van der Waals surface area contributed by atoms with Gasteiger partial charge in [0.05, 0.1) is 11.4 Å². The highest BCUT2D eigenvalue weighted by Crippen LogP contribution is 2.52. The Bertz CT molecular complexity index is 2670. The van der Waals surface area contributed by atoms with E-state index in [1.807, 2.05) is 78.5 Å². The molecule has 0 unspecified atom stereocenters. The number of hydrogen-bond donors (Lipinski definition) is 0. The molecule has 51 heavy (non-hydrogen) atoms. The molecule has 1 aliphatic heterocycles. The summed E-state index contributed by atoms with van der Waals surface area (Å²) in [5, 5.41) is 2.12. The van der Waals surface area contributed by atoms with Gasteiger partial charge in [-0.15, -0.1) is 0 Å². The highest BCUT2D eigenvalue weighted by Gasteiger charge is 2.25. The number of furan rings is 1. The number of anilines is 3. The van der Waals surface area contributed by atoms with Crippen molar-refractivity contribution in [3.05, 3.63) is 170 Å². The van der Waals surface area contributed by atoms with Crippen LogP contribution in [0.5, 0.6) is 0 Å². The van der Waals surface area contributed by atoms with E-state index < -0.39 is 0 Å². The summed E-state index contributed by atoms with van der Waals surface area (Å²) in [6, 6.07) is 58.7. The molecule has 0 spiro atoms. The molecular weight excluding hydrogens is 645 g/mol. The predicted octanol–water partition coefficient (Wildman–Crippen LogP) is 12.4. The molecule has 0 bridgehead atoms. The number of benzene rings is 7. The first-order valence-electron chi connectivity index (χ1n) is 16.9. The van der Waals surface area contributed by atoms with Gasteiger partial charge in [-0.25, -0.2) is 15.0 Å². The van der Waals surface area contributed by atoms with Crippen molar-refractivity contribution in [2.75, 3.05) is 4.90 Å². The quantitative estimate of drug-likeness (QED) is 0.181. The van der Waals surface area contributed by atoms with Crippen LogP contribution in [-0.4, -0.2) is 15.0 Å². The first-order valence-corrected chi connectivity index (χ1v) is 17.7. The lowest BCUT2D eigenvalue weighted by atomic mass is 10.0. The fourth-order valence-electron chi connectivity index (χ4n) is 6.82. The average molecular weight is 673 g/mol. The fraction of sp³-hybridized carbons (Fsp3) is 0. The zero-order valence-electron chi connectivity index (χ0n) is 27.3. The number of nitrogens with zero attached hydrogens (tertiary/aromatic N) is 4. The van der Waals surface area contributed by atoms with Crippen LogP contribution in [0.15, 0.2) is 184 Å². The van der Waals surface area contributed by atoms with Crippen LogP contribution in [-0.2, 0) is 0 Å². The standard InChI is InChI=1S/C45H28N4OS/c1-4-12-29(13-5-1)43-46-44(30-14-6-2-7-15-30)48-45(47-43)33-21-24-36-35-23-20-32(27-39(35)50-40(36)28-33)31-22-25-42-38(26-31)49(34-16-8-3-9-17-34)37-18-10-11-19-41(37)51-42/h1-28H. The van der Waals surface area contributed by atoms with Gasteiger partial charge in [0, 0.05) is 42.9 Å². The Morgan fingerprint density at radius 2 is 0.882 bits per heavy atom. The van der Waals surface area contributed by atoms with Crippen LogP contribution in [0.1, 0.15) is 0 Å². The lowest BCUT2D eigenvalue weighted by Gasteiger charge is -2.33. The third-order valence-electron chi connectivity index (χ3n) is 9.30. The third-order valence-corrected chi connectivity index (χ3v) is 10.4. The molecule has 0 amide bonds. The fourth-order valence-corrected chi connectivity index (χ4v) is 7.86. The minimum atomic E-state index is 0.599. The van der Waals surface area contributed by atoms with Gasteiger partial charge in [-0.05, 0) is 71.8 Å². The van der Waals surface area contributed by atoms with Crippen molar-refractivity contribution in [2.45, 2.75) is 9.79 Å². The van der Waals surface area contributed by atoms with E-state index in [1.54, 1.807) is 0 Å². The van der Waals surface area contributed by atoms with Crippen LogP contribution >= 0.6 is 11.8 Å². The summed E-state index contributed by atoms with van der Waals surface area (Å²) < 4.78 is 6.57. The Kier molecular flexibility index (Phi) is 6.99. The van der Waals surface area contributed by atoms with Gasteiger partial charge >= 0.3 is 0 Å². The summed E-state index contributed by atoms with van der Waals surface area (Å²) in [5.74, 6) is 1.86. The van der Waals surface area contributed by atoms with E-state index in [-0.39, 0.29) is 0 Å². The maximum absolute atomic E-state index is 6.57. The average Bonchev–Trinajstić information content (AvgIpc) is 3.58. The van der Waals surface area contributed by atoms with Crippen LogP contribution in [0.3, 0.4) is 0 Å². The Morgan fingerprint density at radius 1 is 0.392 bits per heavy atom. The molecule has 5 nitrogen and oxygen atoms in total. The maximum atomic E-state index is 6.57. The Labute approximate surface area is 298 Å². The smallest absolute Gasteiger partial charge is 0.164 e. The second-order valence-electron chi connectivity index (χ2n) is 12.5. The van der Waals surface area contributed by atoms with E-state index in [1.165, 1.54) is 21.2 Å². The van der Waals surface area contributed by atoms with E-state index in [4.69, 9.17) is 19.4 Å². The monoisotopic (exact) mass is 672 g/mol. The molecule has 2 aromatic heterocycles. The molecule has 6 heteroatoms. The third kappa shape index (κ3) is 5.25. The van der Waals surface area contributed by atoms with Gasteiger partial charge in [-0.2, -0.15) is 0 Å². The van der Waals surface area contributed by atoms with Gasteiger partial charge in [0.15, 0.2) is 17.5 Å². The van der Waals surface area contributed by atoms with Gasteiger partial charge in [0.25, 0.3) is 0 Å². The van der Waals surface area contributed by atoms with Crippen molar-refractivity contribution in [1.29, 1.82) is 0 Å². The molecule has 3 heterocycles. The van der Waals surface area contributed by atoms with Crippen molar-refractivity contribution in [3.63, 3.8) is 0 Å². The van der Waals surface area contributed by atoms with Gasteiger partial charge in [-0.3, -0.25) is 0 Å². The van der Waals surface area contributed by atoms with Gasteiger partial charge in [0.1, 0.15) is 11.2 Å². The molecule has 0 N–H and O–H groups in total. The summed E-state index contributed by atoms with van der Waals surface area (Å²) >= 11 is 1.81. The number of fused-ring (bicyclic) bond motifs is 5. The zero-order valence-corrected chi connectivity index (χ0v) is 28.1. The molecule has 7 aromatic carbocycles. The van der Waals surface area contributed by atoms with Crippen molar-refractivity contribution >= 4 is 50.8 Å². The predicted molar refractivity (Wildman–Crippen MR) is 208 cm³/mol. The number of aromatic nitrogens is 3. The first-order chi connectivity index (χ1) is 25.2. The molecular formula is C45H28N4OS. The maximum Gasteiger partial charge on any atom is 0.164 e. The zero-order chi connectivity index (χ0) is 33.7. The number of hydrogen-bond acceptors (Lipinski definition) is 6. The van der Waals surface area contributed by atoms with Crippen molar-refractivity contribution in [2.24, 2.45) is 0 Å². The lowest BCUT2D eigenvalue weighted by molar-refractivity contribution is 0.669. The van der Waals surface area contributed by atoms with Gasteiger partial charge in [-0.1, -0.05) is 121 Å². The Morgan fingerprint density at radius 3 is 1.55 bits per heavy atom. The molecule has 240 valence electrons. The van der Waals surface area contributed by atoms with Crippen molar-refractivity contribution in [3.8, 4) is 45.3 Å². The minimum Gasteiger partial charge on any atom is -0.456 e. The van der Waals surface area contributed by atoms with Gasteiger partial charge < -0.3 is 9.32 Å². The molecule has 0 fully saturated rings. The van der Waals surface area contributed by atoms with Crippen LogP contribution in [0.4, 0.5) is 17.1 Å². The van der Waals surface area contributed by atoms with Crippen LogP contribution in [0, 0.1) is 0 Å². The Hall–Kier alpha value is -6.50. The number of para-hydroxylation sites is 2. The molecule has 0 radical (unpaired) electrons. The second kappa shape index (κ2) is 12.1. The summed E-state index contributed by atoms with van der Waals surface area (Å²) in [5.41, 5.74) is 10.1. The van der Waals surface area contributed by atoms with E-state index in [9.17, 15) is 0 Å². The van der Waals surface area contributed by atoms with Gasteiger partial charge in [0.2, 0.25) is 0 Å². The molecule has 0 aliphatic carbocycles. The van der Waals surface area contributed by atoms with E-state index in [0.717, 1.165) is 55.4 Å². The van der Waals surface area contributed by atoms with Crippen LogP contribution in [0.2, 0.25) is 0 Å². The summed E-state index contributed by atoms with van der Waals surface area (Å²) in [4.78, 5) is 19.5. The first kappa shape index (κ1) is 29.4. The lowest BCUT2D eigenvalue weighted by Crippen LogP contribution is -2.14. The second-order valence-corrected chi connectivity index (χ2v) is 13.6. The van der Waals surface area contributed by atoms with Crippen LogP contribution < -0.4 is 4.90 Å². The summed E-state index contributed by atoms with van der Waals surface area (Å²) in [6.07, 6.45) is 0. The van der Waals surface area contributed by atoms with E-state index in [0.29, 0.717) is 17.5 Å². The molecule has 0 atom stereocenters. The molecule has 10 rings (SSSR count). The van der Waals surface area contributed by atoms with Crippen LogP contribution in [0.25, 0.3) is 67.2 Å². The SMILES string of the molecule is c1ccc(-c2nc(-c3ccccc3)nc(-c3ccc4c(c3)oc3cc(-c5ccc6c(c5)N(c5ccccc5)c5ccccc5S6)ccc34)n2)cc1. The topological polar surface area (TPSA) is 55.1 Å². The van der Waals surface area contributed by atoms with E-state index >= 15 is 0 Å². The minimum absolute atomic E-state index is 0.599. The normalized spacial score (nSPS) is 12.2. The van der Waals surface area contributed by atoms with E-state index in [2.05, 4.69) is 108 Å².